The molecule has 1 aromatic carbocycles. The number of likely N-dealkylation sites (tertiary alicyclic amines) is 1. The maximum Gasteiger partial charge on any atom is 0.225 e. The average Bonchev–Trinajstić information content (AvgIpc) is 2.57. The van der Waals surface area contributed by atoms with E-state index in [4.69, 9.17) is 28.9 Å². The second-order valence-electron chi connectivity index (χ2n) is 4.85. The molecule has 98 valence electrons. The van der Waals surface area contributed by atoms with E-state index in [0.717, 1.165) is 5.56 Å². The summed E-state index contributed by atoms with van der Waals surface area (Å²) >= 11 is 12.3. The minimum absolute atomic E-state index is 0.0681. The number of hydrogen-bond acceptors (Lipinski definition) is 2. The molecule has 0 aromatic heterocycles. The van der Waals surface area contributed by atoms with Crippen molar-refractivity contribution in [2.75, 3.05) is 0 Å². The number of amides is 1. The molecule has 1 aliphatic heterocycles. The van der Waals surface area contributed by atoms with Gasteiger partial charge in [0.1, 0.15) is 0 Å². The fourth-order valence-electron chi connectivity index (χ4n) is 2.52. The Balaban J connectivity index is 2.47. The van der Waals surface area contributed by atoms with E-state index in [1.807, 2.05) is 26.0 Å². The van der Waals surface area contributed by atoms with E-state index in [9.17, 15) is 4.79 Å². The van der Waals surface area contributed by atoms with E-state index in [2.05, 4.69) is 0 Å². The summed E-state index contributed by atoms with van der Waals surface area (Å²) in [5, 5.41) is 0.976. The van der Waals surface area contributed by atoms with Crippen LogP contribution in [0.3, 0.4) is 0 Å². The third-order valence-corrected chi connectivity index (χ3v) is 4.09. The quantitative estimate of drug-likeness (QED) is 0.909. The topological polar surface area (TPSA) is 46.3 Å². The minimum atomic E-state index is -0.240. The fraction of sp³-hybridized carbons (Fsp3) is 0.462. The number of nitrogens with zero attached hydrogens (tertiary/aromatic N) is 1. The molecule has 1 aromatic rings. The van der Waals surface area contributed by atoms with Crippen molar-refractivity contribution in [2.24, 2.45) is 5.73 Å². The van der Waals surface area contributed by atoms with E-state index < -0.39 is 0 Å². The Bertz CT molecular complexity index is 476. The van der Waals surface area contributed by atoms with Crippen molar-refractivity contribution in [1.29, 1.82) is 0 Å². The van der Waals surface area contributed by atoms with E-state index in [0.29, 0.717) is 16.5 Å². The van der Waals surface area contributed by atoms with Gasteiger partial charge >= 0.3 is 0 Å². The van der Waals surface area contributed by atoms with Crippen LogP contribution in [-0.4, -0.2) is 22.9 Å². The molecule has 2 unspecified atom stereocenters. The van der Waals surface area contributed by atoms with E-state index in [1.165, 1.54) is 0 Å². The van der Waals surface area contributed by atoms with Crippen molar-refractivity contribution in [1.82, 2.24) is 4.90 Å². The van der Waals surface area contributed by atoms with Gasteiger partial charge in [-0.2, -0.15) is 0 Å². The lowest BCUT2D eigenvalue weighted by Crippen LogP contribution is -2.37. The highest BCUT2D eigenvalue weighted by Crippen LogP contribution is 2.39. The average molecular weight is 287 g/mol. The lowest BCUT2D eigenvalue weighted by molar-refractivity contribution is -0.130. The van der Waals surface area contributed by atoms with Crippen molar-refractivity contribution < 1.29 is 4.79 Å². The zero-order chi connectivity index (χ0) is 13.4. The van der Waals surface area contributed by atoms with Gasteiger partial charge in [0, 0.05) is 18.5 Å². The van der Waals surface area contributed by atoms with Crippen LogP contribution in [0.5, 0.6) is 0 Å². The first-order valence-electron chi connectivity index (χ1n) is 5.94. The molecule has 1 aliphatic rings. The van der Waals surface area contributed by atoms with Gasteiger partial charge < -0.3 is 10.6 Å². The molecular weight excluding hydrogens is 271 g/mol. The van der Waals surface area contributed by atoms with Crippen molar-refractivity contribution in [3.63, 3.8) is 0 Å². The molecule has 1 fully saturated rings. The molecule has 2 rings (SSSR count). The third-order valence-electron chi connectivity index (χ3n) is 3.26. The second-order valence-corrected chi connectivity index (χ2v) is 5.64. The van der Waals surface area contributed by atoms with Crippen molar-refractivity contribution in [2.45, 2.75) is 38.4 Å². The van der Waals surface area contributed by atoms with Crippen LogP contribution in [0.2, 0.25) is 10.0 Å². The van der Waals surface area contributed by atoms with Gasteiger partial charge in [-0.05, 0) is 25.5 Å². The predicted molar refractivity (Wildman–Crippen MR) is 73.8 cm³/mol. The van der Waals surface area contributed by atoms with Gasteiger partial charge in [-0.25, -0.2) is 0 Å². The first-order valence-corrected chi connectivity index (χ1v) is 6.69. The molecule has 5 heteroatoms. The number of benzene rings is 1. The lowest BCUT2D eigenvalue weighted by Gasteiger charge is -2.31. The van der Waals surface area contributed by atoms with Crippen LogP contribution in [0.1, 0.15) is 31.9 Å². The molecule has 1 heterocycles. The highest BCUT2D eigenvalue weighted by molar-refractivity contribution is 6.42. The first-order chi connectivity index (χ1) is 8.43. The molecular formula is C13H16Cl2N2O. The van der Waals surface area contributed by atoms with Crippen molar-refractivity contribution in [3.05, 3.63) is 33.8 Å². The van der Waals surface area contributed by atoms with Gasteiger partial charge in [-0.3, -0.25) is 4.79 Å². The summed E-state index contributed by atoms with van der Waals surface area (Å²) in [5.41, 5.74) is 6.91. The Kier molecular flexibility index (Phi) is 3.85. The van der Waals surface area contributed by atoms with Gasteiger partial charge in [0.25, 0.3) is 0 Å². The summed E-state index contributed by atoms with van der Waals surface area (Å²) in [6, 6.07) is 5.10. The van der Waals surface area contributed by atoms with Crippen molar-refractivity contribution in [3.8, 4) is 0 Å². The molecule has 1 amide bonds. The number of carbonyl (C=O) groups is 1. The Morgan fingerprint density at radius 2 is 2.06 bits per heavy atom. The summed E-state index contributed by atoms with van der Waals surface area (Å²) in [6.45, 7) is 3.95. The van der Waals surface area contributed by atoms with Gasteiger partial charge in [-0.15, -0.1) is 0 Å². The summed E-state index contributed by atoms with van der Waals surface area (Å²) < 4.78 is 0. The molecule has 0 saturated carbocycles. The maximum absolute atomic E-state index is 12.0. The monoisotopic (exact) mass is 286 g/mol. The van der Waals surface area contributed by atoms with Crippen LogP contribution in [-0.2, 0) is 4.79 Å². The molecule has 18 heavy (non-hydrogen) atoms. The number of rotatable bonds is 2. The fourth-order valence-corrected chi connectivity index (χ4v) is 2.94. The van der Waals surface area contributed by atoms with Crippen LogP contribution in [0.15, 0.2) is 18.2 Å². The molecule has 2 atom stereocenters. The SMILES string of the molecule is CC(C)N1C(=O)CC(N)C1c1cccc(Cl)c1Cl. The zero-order valence-electron chi connectivity index (χ0n) is 10.4. The highest BCUT2D eigenvalue weighted by Gasteiger charge is 2.40. The number of halogens is 2. The van der Waals surface area contributed by atoms with Crippen LogP contribution < -0.4 is 5.73 Å². The van der Waals surface area contributed by atoms with Crippen LogP contribution in [0.4, 0.5) is 0 Å². The van der Waals surface area contributed by atoms with Crippen LogP contribution in [0.25, 0.3) is 0 Å². The highest BCUT2D eigenvalue weighted by atomic mass is 35.5. The van der Waals surface area contributed by atoms with Gasteiger partial charge in [0.2, 0.25) is 5.91 Å². The minimum Gasteiger partial charge on any atom is -0.332 e. The molecule has 3 nitrogen and oxygen atoms in total. The third kappa shape index (κ3) is 2.22. The Labute approximate surface area is 117 Å². The Hall–Kier alpha value is -0.770. The molecule has 2 N–H and O–H groups in total. The van der Waals surface area contributed by atoms with Crippen LogP contribution >= 0.6 is 23.2 Å². The summed E-state index contributed by atoms with van der Waals surface area (Å²) in [7, 11) is 0. The normalized spacial score (nSPS) is 24.1. The zero-order valence-corrected chi connectivity index (χ0v) is 11.9. The van der Waals surface area contributed by atoms with E-state index in [-0.39, 0.29) is 24.0 Å². The summed E-state index contributed by atoms with van der Waals surface area (Å²) in [4.78, 5) is 13.8. The largest absolute Gasteiger partial charge is 0.332 e. The lowest BCUT2D eigenvalue weighted by atomic mass is 10.00. The standard InChI is InChI=1S/C13H16Cl2N2O/c1-7(2)17-11(18)6-10(16)13(17)8-4-3-5-9(14)12(8)15/h3-5,7,10,13H,6,16H2,1-2H3. The first kappa shape index (κ1) is 13.7. The number of carbonyl (C=O) groups excluding carboxylic acids is 1. The molecule has 1 saturated heterocycles. The van der Waals surface area contributed by atoms with Gasteiger partial charge in [0.15, 0.2) is 0 Å². The summed E-state index contributed by atoms with van der Waals surface area (Å²) in [5.74, 6) is 0.0681. The Morgan fingerprint density at radius 1 is 1.39 bits per heavy atom. The Morgan fingerprint density at radius 3 is 2.67 bits per heavy atom. The van der Waals surface area contributed by atoms with Gasteiger partial charge in [0.05, 0.1) is 16.1 Å². The van der Waals surface area contributed by atoms with Gasteiger partial charge in [-0.1, -0.05) is 35.3 Å². The van der Waals surface area contributed by atoms with Crippen molar-refractivity contribution >= 4 is 29.1 Å². The molecule has 0 radical (unpaired) electrons. The van der Waals surface area contributed by atoms with E-state index in [1.54, 1.807) is 11.0 Å². The number of hydrogen-bond donors (Lipinski definition) is 1. The van der Waals surface area contributed by atoms with E-state index >= 15 is 0 Å². The maximum atomic E-state index is 12.0. The smallest absolute Gasteiger partial charge is 0.225 e. The molecule has 0 spiro atoms. The second kappa shape index (κ2) is 5.08. The summed E-state index contributed by atoms with van der Waals surface area (Å²) in [6.07, 6.45) is 0.353. The molecule has 0 aliphatic carbocycles. The molecule has 0 bridgehead atoms. The van der Waals surface area contributed by atoms with Crippen LogP contribution in [0, 0.1) is 0 Å². The predicted octanol–water partition coefficient (Wildman–Crippen LogP) is 3.00. The number of nitrogens with two attached hydrogens (primary N) is 1.